The van der Waals surface area contributed by atoms with Crippen molar-refractivity contribution in [2.75, 3.05) is 39.4 Å². The molecule has 3 rings (SSSR count). The van der Waals surface area contributed by atoms with E-state index in [0.717, 1.165) is 31.4 Å². The maximum atomic E-state index is 13.1. The van der Waals surface area contributed by atoms with Gasteiger partial charge in [-0.1, -0.05) is 12.1 Å². The lowest BCUT2D eigenvalue weighted by atomic mass is 9.92. The molecule has 2 saturated heterocycles. The van der Waals surface area contributed by atoms with Gasteiger partial charge in [0, 0.05) is 19.6 Å². The van der Waals surface area contributed by atoms with Crippen LogP contribution in [0.3, 0.4) is 0 Å². The maximum absolute atomic E-state index is 13.1. The predicted octanol–water partition coefficient (Wildman–Crippen LogP) is 1.78. The Morgan fingerprint density at radius 3 is 2.71 bits per heavy atom. The lowest BCUT2D eigenvalue weighted by Crippen LogP contribution is -2.48. The van der Waals surface area contributed by atoms with Crippen molar-refractivity contribution in [2.24, 2.45) is 0 Å². The number of rotatable bonds is 3. The molecule has 0 bridgehead atoms. The summed E-state index contributed by atoms with van der Waals surface area (Å²) in [6, 6.07) is 6.66. The van der Waals surface area contributed by atoms with E-state index in [-0.39, 0.29) is 30.8 Å². The van der Waals surface area contributed by atoms with Gasteiger partial charge in [0.05, 0.1) is 13.2 Å². The highest BCUT2D eigenvalue weighted by molar-refractivity contribution is 5.85. The summed E-state index contributed by atoms with van der Waals surface area (Å²) in [4.78, 5) is 27.7. The van der Waals surface area contributed by atoms with Crippen molar-refractivity contribution in [3.63, 3.8) is 0 Å². The molecule has 6 heteroatoms. The molecule has 2 heterocycles. The molecule has 2 aliphatic rings. The van der Waals surface area contributed by atoms with Crippen molar-refractivity contribution < 1.29 is 18.7 Å². The molecule has 0 aromatic heterocycles. The molecule has 2 fully saturated rings. The Morgan fingerprint density at radius 2 is 1.96 bits per heavy atom. The number of hydrogen-bond acceptors (Lipinski definition) is 3. The van der Waals surface area contributed by atoms with Gasteiger partial charge >= 0.3 is 0 Å². The third-order valence-electron chi connectivity index (χ3n) is 4.83. The Kier molecular flexibility index (Phi) is 5.45. The third-order valence-corrected chi connectivity index (χ3v) is 4.83. The fourth-order valence-corrected chi connectivity index (χ4v) is 3.39. The number of amides is 2. The van der Waals surface area contributed by atoms with Crippen LogP contribution in [0.4, 0.5) is 4.39 Å². The van der Waals surface area contributed by atoms with E-state index < -0.39 is 0 Å². The Labute approximate surface area is 141 Å². The van der Waals surface area contributed by atoms with E-state index in [4.69, 9.17) is 4.74 Å². The quantitative estimate of drug-likeness (QED) is 0.847. The van der Waals surface area contributed by atoms with Crippen molar-refractivity contribution in [2.45, 2.75) is 25.2 Å². The number of hydrogen-bond donors (Lipinski definition) is 0. The lowest BCUT2D eigenvalue weighted by Gasteiger charge is -2.29. The van der Waals surface area contributed by atoms with Gasteiger partial charge in [0.15, 0.2) is 0 Å². The number of likely N-dealkylation sites (tertiary alicyclic amines) is 1. The fraction of sp³-hybridized carbons (Fsp3) is 0.556. The van der Waals surface area contributed by atoms with Crippen LogP contribution < -0.4 is 0 Å². The molecule has 0 N–H and O–H groups in total. The van der Waals surface area contributed by atoms with Gasteiger partial charge in [-0.25, -0.2) is 4.39 Å². The highest BCUT2D eigenvalue weighted by Crippen LogP contribution is 2.28. The van der Waals surface area contributed by atoms with Gasteiger partial charge in [-0.05, 0) is 42.9 Å². The van der Waals surface area contributed by atoms with E-state index in [0.29, 0.717) is 25.6 Å². The zero-order valence-electron chi connectivity index (χ0n) is 13.7. The minimum Gasteiger partial charge on any atom is -0.370 e. The molecule has 0 unspecified atom stereocenters. The van der Waals surface area contributed by atoms with E-state index in [1.165, 1.54) is 12.1 Å². The molecule has 130 valence electrons. The fourth-order valence-electron chi connectivity index (χ4n) is 3.39. The largest absolute Gasteiger partial charge is 0.370 e. The number of ether oxygens (including phenoxy) is 1. The number of morpholine rings is 1. The lowest BCUT2D eigenvalue weighted by molar-refractivity contribution is -0.148. The molecule has 24 heavy (non-hydrogen) atoms. The zero-order valence-corrected chi connectivity index (χ0v) is 13.7. The molecule has 0 radical (unpaired) electrons. The van der Waals surface area contributed by atoms with Crippen LogP contribution >= 0.6 is 0 Å². The first kappa shape index (κ1) is 16.9. The van der Waals surface area contributed by atoms with Crippen molar-refractivity contribution >= 4 is 11.8 Å². The third kappa shape index (κ3) is 4.12. The number of carbonyl (C=O) groups is 2. The van der Waals surface area contributed by atoms with Crippen LogP contribution in [-0.2, 0) is 14.3 Å². The first-order valence-corrected chi connectivity index (χ1v) is 8.52. The molecule has 1 aromatic rings. The van der Waals surface area contributed by atoms with E-state index in [1.807, 2.05) is 17.0 Å². The Bertz CT molecular complexity index is 590. The highest BCUT2D eigenvalue weighted by atomic mass is 19.1. The van der Waals surface area contributed by atoms with E-state index in [9.17, 15) is 14.0 Å². The van der Waals surface area contributed by atoms with Crippen LogP contribution in [0.1, 0.15) is 30.7 Å². The number of benzene rings is 1. The first-order chi connectivity index (χ1) is 11.6. The molecule has 0 spiro atoms. The van der Waals surface area contributed by atoms with Crippen LogP contribution in [0.25, 0.3) is 0 Å². The van der Waals surface area contributed by atoms with Crippen molar-refractivity contribution in [1.82, 2.24) is 9.80 Å². The van der Waals surface area contributed by atoms with E-state index in [1.54, 1.807) is 4.90 Å². The van der Waals surface area contributed by atoms with Crippen LogP contribution in [0, 0.1) is 5.82 Å². The van der Waals surface area contributed by atoms with Gasteiger partial charge in [0.25, 0.3) is 0 Å². The Hall–Kier alpha value is -1.95. The molecule has 1 aromatic carbocycles. The summed E-state index contributed by atoms with van der Waals surface area (Å²) in [6.07, 6.45) is 2.78. The summed E-state index contributed by atoms with van der Waals surface area (Å²) in [6.45, 7) is 2.58. The molecule has 5 nitrogen and oxygen atoms in total. The summed E-state index contributed by atoms with van der Waals surface area (Å²) < 4.78 is 18.1. The van der Waals surface area contributed by atoms with Gasteiger partial charge in [0.1, 0.15) is 12.4 Å². The van der Waals surface area contributed by atoms with Crippen molar-refractivity contribution in [3.05, 3.63) is 35.6 Å². The van der Waals surface area contributed by atoms with Crippen LogP contribution in [-0.4, -0.2) is 61.0 Å². The van der Waals surface area contributed by atoms with Gasteiger partial charge in [-0.2, -0.15) is 0 Å². The van der Waals surface area contributed by atoms with Gasteiger partial charge < -0.3 is 14.5 Å². The normalized spacial score (nSPS) is 22.4. The van der Waals surface area contributed by atoms with Crippen LogP contribution in [0.5, 0.6) is 0 Å². The summed E-state index contributed by atoms with van der Waals surface area (Å²) in [5.41, 5.74) is 1.13. The Morgan fingerprint density at radius 1 is 1.17 bits per heavy atom. The molecule has 1 atom stereocenters. The van der Waals surface area contributed by atoms with Crippen molar-refractivity contribution in [1.29, 1.82) is 0 Å². The second-order valence-electron chi connectivity index (χ2n) is 6.43. The van der Waals surface area contributed by atoms with Gasteiger partial charge in [-0.15, -0.1) is 0 Å². The zero-order chi connectivity index (χ0) is 16.9. The molecule has 0 saturated carbocycles. The average Bonchev–Trinajstić information content (AvgIpc) is 2.84. The smallest absolute Gasteiger partial charge is 0.249 e. The summed E-state index contributed by atoms with van der Waals surface area (Å²) in [5, 5.41) is 0. The predicted molar refractivity (Wildman–Crippen MR) is 87.0 cm³/mol. The SMILES string of the molecule is O=C(CN1CCOCC1=O)N1CCC[C@H](c2ccc(F)cc2)CC1. The Balaban J connectivity index is 1.55. The highest BCUT2D eigenvalue weighted by Gasteiger charge is 2.26. The second-order valence-corrected chi connectivity index (χ2v) is 6.43. The first-order valence-electron chi connectivity index (χ1n) is 8.52. The van der Waals surface area contributed by atoms with Crippen molar-refractivity contribution in [3.8, 4) is 0 Å². The maximum Gasteiger partial charge on any atom is 0.249 e. The molecule has 2 aliphatic heterocycles. The molecule has 0 aliphatic carbocycles. The standard InChI is InChI=1S/C18H23FN2O3/c19-16-5-3-15(4-6-16)14-2-1-8-20(9-7-14)17(22)12-21-10-11-24-13-18(21)23/h3-6,14H,1-2,7-13H2/t14-/m0/s1. The summed E-state index contributed by atoms with van der Waals surface area (Å²) in [5.74, 6) is 0.0198. The van der Waals surface area contributed by atoms with E-state index >= 15 is 0 Å². The van der Waals surface area contributed by atoms with Gasteiger partial charge in [-0.3, -0.25) is 9.59 Å². The second kappa shape index (κ2) is 7.75. The monoisotopic (exact) mass is 334 g/mol. The van der Waals surface area contributed by atoms with Crippen LogP contribution in [0.2, 0.25) is 0 Å². The van der Waals surface area contributed by atoms with Gasteiger partial charge in [0.2, 0.25) is 11.8 Å². The average molecular weight is 334 g/mol. The summed E-state index contributed by atoms with van der Waals surface area (Å²) >= 11 is 0. The minimum atomic E-state index is -0.223. The van der Waals surface area contributed by atoms with E-state index in [2.05, 4.69) is 0 Å². The molecular formula is C18H23FN2O3. The number of halogens is 1. The number of nitrogens with zero attached hydrogens (tertiary/aromatic N) is 2. The summed E-state index contributed by atoms with van der Waals surface area (Å²) in [7, 11) is 0. The molecular weight excluding hydrogens is 311 g/mol. The topological polar surface area (TPSA) is 49.9 Å². The molecule has 2 amide bonds. The van der Waals surface area contributed by atoms with Crippen LogP contribution in [0.15, 0.2) is 24.3 Å². The number of carbonyl (C=O) groups excluding carboxylic acids is 2. The minimum absolute atomic E-state index is 0.00464.